The second-order valence-corrected chi connectivity index (χ2v) is 6.91. The summed E-state index contributed by atoms with van der Waals surface area (Å²) in [6.45, 7) is 3.74. The Kier molecular flexibility index (Phi) is 4.69. The van der Waals surface area contributed by atoms with Gasteiger partial charge in [0.1, 0.15) is 6.54 Å². The summed E-state index contributed by atoms with van der Waals surface area (Å²) in [5, 5.41) is 2.90. The summed E-state index contributed by atoms with van der Waals surface area (Å²) in [5.74, 6) is -1.02. The van der Waals surface area contributed by atoms with Crippen molar-refractivity contribution in [2.24, 2.45) is 11.8 Å². The summed E-state index contributed by atoms with van der Waals surface area (Å²) < 4.78 is 0. The van der Waals surface area contributed by atoms with Crippen molar-refractivity contribution in [1.82, 2.24) is 10.2 Å². The number of hydrogen-bond donors (Lipinski definition) is 1. The van der Waals surface area contributed by atoms with Gasteiger partial charge in [-0.2, -0.15) is 0 Å². The molecule has 5 heteroatoms. The van der Waals surface area contributed by atoms with Gasteiger partial charge in [0.15, 0.2) is 0 Å². The van der Waals surface area contributed by atoms with Crippen molar-refractivity contribution in [3.05, 3.63) is 35.4 Å². The van der Waals surface area contributed by atoms with Crippen molar-refractivity contribution in [2.45, 2.75) is 45.6 Å². The first-order valence-electron chi connectivity index (χ1n) is 8.69. The van der Waals surface area contributed by atoms with E-state index < -0.39 is 0 Å². The number of imide groups is 1. The third kappa shape index (κ3) is 3.07. The highest BCUT2D eigenvalue weighted by atomic mass is 16.2. The molecule has 0 spiro atoms. The highest BCUT2D eigenvalue weighted by Gasteiger charge is 2.48. The Morgan fingerprint density at radius 1 is 1.17 bits per heavy atom. The fraction of sp³-hybridized carbons (Fsp3) is 0.526. The summed E-state index contributed by atoms with van der Waals surface area (Å²) in [5.41, 5.74) is 2.14. The molecule has 3 amide bonds. The third-order valence-electron chi connectivity index (χ3n) is 5.27. The smallest absolute Gasteiger partial charge is 0.240 e. The number of nitrogens with one attached hydrogen (secondary N) is 1. The highest BCUT2D eigenvalue weighted by molar-refractivity contribution is 6.07. The Bertz CT molecular complexity index is 646. The number of hydrogen-bond acceptors (Lipinski definition) is 3. The lowest BCUT2D eigenvalue weighted by Crippen LogP contribution is -2.41. The number of amides is 3. The summed E-state index contributed by atoms with van der Waals surface area (Å²) in [4.78, 5) is 38.3. The molecule has 24 heavy (non-hydrogen) atoms. The van der Waals surface area contributed by atoms with E-state index in [0.717, 1.165) is 36.8 Å². The number of rotatable bonds is 4. The Morgan fingerprint density at radius 2 is 1.75 bits per heavy atom. The normalized spacial score (nSPS) is 24.7. The number of carbonyl (C=O) groups is 3. The second-order valence-electron chi connectivity index (χ2n) is 6.91. The van der Waals surface area contributed by atoms with Crippen LogP contribution in [0, 0.1) is 18.8 Å². The van der Waals surface area contributed by atoms with Crippen LogP contribution in [0.25, 0.3) is 0 Å². The fourth-order valence-electron chi connectivity index (χ4n) is 3.97. The van der Waals surface area contributed by atoms with Crippen LogP contribution in [0.15, 0.2) is 24.3 Å². The molecule has 0 aromatic heterocycles. The number of aryl methyl sites for hydroxylation is 1. The van der Waals surface area contributed by atoms with E-state index in [1.807, 2.05) is 38.1 Å². The van der Waals surface area contributed by atoms with Gasteiger partial charge in [0.2, 0.25) is 17.7 Å². The first-order chi connectivity index (χ1) is 11.5. The molecule has 3 rings (SSSR count). The number of carbonyl (C=O) groups excluding carboxylic acids is 3. The molecule has 1 aromatic rings. The highest BCUT2D eigenvalue weighted by Crippen LogP contribution is 2.37. The SMILES string of the molecule is Cc1ccccc1[C@H](C)NC(=O)CN1C(=O)[C@H]2CCCC[C@@H]2C1=O. The number of likely N-dealkylation sites (tertiary alicyclic amines) is 1. The number of benzene rings is 1. The molecule has 5 nitrogen and oxygen atoms in total. The Hall–Kier alpha value is -2.17. The quantitative estimate of drug-likeness (QED) is 0.863. The average molecular weight is 328 g/mol. The van der Waals surface area contributed by atoms with Crippen LogP contribution in [0.3, 0.4) is 0 Å². The van der Waals surface area contributed by atoms with E-state index in [1.165, 1.54) is 4.90 Å². The van der Waals surface area contributed by atoms with Gasteiger partial charge in [-0.25, -0.2) is 0 Å². The van der Waals surface area contributed by atoms with Gasteiger partial charge < -0.3 is 5.32 Å². The van der Waals surface area contributed by atoms with Crippen LogP contribution in [0.1, 0.15) is 49.8 Å². The average Bonchev–Trinajstić information content (AvgIpc) is 2.80. The first kappa shape index (κ1) is 16.7. The first-order valence-corrected chi connectivity index (χ1v) is 8.69. The standard InChI is InChI=1S/C19H24N2O3/c1-12-7-3-4-8-14(12)13(2)20-17(22)11-21-18(23)15-9-5-6-10-16(15)19(21)24/h3-4,7-8,13,15-16H,5-6,9-11H2,1-2H3,(H,20,22)/t13-,15-,16-/m0/s1. The molecular weight excluding hydrogens is 304 g/mol. The van der Waals surface area contributed by atoms with Crippen molar-refractivity contribution in [1.29, 1.82) is 0 Å². The van der Waals surface area contributed by atoms with Crippen LogP contribution in [0.2, 0.25) is 0 Å². The molecule has 0 bridgehead atoms. The van der Waals surface area contributed by atoms with E-state index >= 15 is 0 Å². The van der Waals surface area contributed by atoms with Crippen LogP contribution in [-0.2, 0) is 14.4 Å². The van der Waals surface area contributed by atoms with Crippen LogP contribution in [0.5, 0.6) is 0 Å². The van der Waals surface area contributed by atoms with Crippen molar-refractivity contribution < 1.29 is 14.4 Å². The van der Waals surface area contributed by atoms with Gasteiger partial charge in [0.25, 0.3) is 0 Å². The molecule has 1 heterocycles. The largest absolute Gasteiger partial charge is 0.348 e. The van der Waals surface area contributed by atoms with E-state index in [9.17, 15) is 14.4 Å². The molecule has 2 fully saturated rings. The Morgan fingerprint density at radius 3 is 2.33 bits per heavy atom. The molecule has 1 aliphatic heterocycles. The van der Waals surface area contributed by atoms with Gasteiger partial charge in [-0.3, -0.25) is 19.3 Å². The van der Waals surface area contributed by atoms with E-state index in [0.29, 0.717) is 0 Å². The molecule has 128 valence electrons. The van der Waals surface area contributed by atoms with E-state index in [4.69, 9.17) is 0 Å². The molecule has 1 saturated heterocycles. The summed E-state index contributed by atoms with van der Waals surface area (Å²) in [6, 6.07) is 7.70. The van der Waals surface area contributed by atoms with Gasteiger partial charge in [-0.15, -0.1) is 0 Å². The number of fused-ring (bicyclic) bond motifs is 1. The molecule has 1 saturated carbocycles. The van der Waals surface area contributed by atoms with Crippen molar-refractivity contribution >= 4 is 17.7 Å². The van der Waals surface area contributed by atoms with E-state index in [2.05, 4.69) is 5.32 Å². The zero-order chi connectivity index (χ0) is 17.3. The molecule has 3 atom stereocenters. The molecule has 1 N–H and O–H groups in total. The molecule has 0 unspecified atom stereocenters. The monoisotopic (exact) mass is 328 g/mol. The summed E-state index contributed by atoms with van der Waals surface area (Å²) >= 11 is 0. The maximum atomic E-state index is 12.4. The molecular formula is C19H24N2O3. The predicted molar refractivity (Wildman–Crippen MR) is 89.9 cm³/mol. The Labute approximate surface area is 142 Å². The lowest BCUT2D eigenvalue weighted by atomic mass is 9.81. The zero-order valence-electron chi connectivity index (χ0n) is 14.2. The lowest BCUT2D eigenvalue weighted by Gasteiger charge is -2.19. The van der Waals surface area contributed by atoms with E-state index in [1.54, 1.807) is 0 Å². The van der Waals surface area contributed by atoms with Gasteiger partial charge in [0.05, 0.1) is 17.9 Å². The molecule has 0 radical (unpaired) electrons. The topological polar surface area (TPSA) is 66.5 Å². The summed E-state index contributed by atoms with van der Waals surface area (Å²) in [7, 11) is 0. The van der Waals surface area contributed by atoms with Crippen LogP contribution in [0.4, 0.5) is 0 Å². The van der Waals surface area contributed by atoms with Crippen LogP contribution in [-0.4, -0.2) is 29.2 Å². The van der Waals surface area contributed by atoms with Crippen molar-refractivity contribution in [3.63, 3.8) is 0 Å². The van der Waals surface area contributed by atoms with Crippen molar-refractivity contribution in [3.8, 4) is 0 Å². The van der Waals surface area contributed by atoms with Gasteiger partial charge in [-0.1, -0.05) is 37.1 Å². The zero-order valence-corrected chi connectivity index (χ0v) is 14.2. The van der Waals surface area contributed by atoms with Gasteiger partial charge >= 0.3 is 0 Å². The van der Waals surface area contributed by atoms with Gasteiger partial charge in [-0.05, 0) is 37.8 Å². The lowest BCUT2D eigenvalue weighted by molar-refractivity contribution is -0.143. The maximum Gasteiger partial charge on any atom is 0.240 e. The minimum Gasteiger partial charge on any atom is -0.348 e. The minimum atomic E-state index is -0.286. The third-order valence-corrected chi connectivity index (χ3v) is 5.27. The minimum absolute atomic E-state index is 0.159. The Balaban J connectivity index is 1.63. The second kappa shape index (κ2) is 6.75. The predicted octanol–water partition coefficient (Wildman–Crippen LogP) is 2.35. The van der Waals surface area contributed by atoms with Crippen molar-refractivity contribution in [2.75, 3.05) is 6.54 Å². The molecule has 1 aromatic carbocycles. The molecule has 2 aliphatic rings. The van der Waals surface area contributed by atoms with E-state index in [-0.39, 0.29) is 42.1 Å². The van der Waals surface area contributed by atoms with Gasteiger partial charge in [0, 0.05) is 0 Å². The summed E-state index contributed by atoms with van der Waals surface area (Å²) in [6.07, 6.45) is 3.52. The molecule has 1 aliphatic carbocycles. The fourth-order valence-corrected chi connectivity index (χ4v) is 3.97. The van der Waals surface area contributed by atoms with Crippen LogP contribution < -0.4 is 5.32 Å². The van der Waals surface area contributed by atoms with Crippen LogP contribution >= 0.6 is 0 Å². The maximum absolute atomic E-state index is 12.4. The number of nitrogens with zero attached hydrogens (tertiary/aromatic N) is 1.